The van der Waals surface area contributed by atoms with Gasteiger partial charge in [-0.15, -0.1) is 11.3 Å². The number of carbonyl (C=O) groups is 1. The number of piperidine rings is 1. The second-order valence-corrected chi connectivity index (χ2v) is 7.95. The second kappa shape index (κ2) is 7.28. The Hall–Kier alpha value is -0.980. The zero-order valence-electron chi connectivity index (χ0n) is 14.5. The molecule has 0 spiro atoms. The van der Waals surface area contributed by atoms with Gasteiger partial charge < -0.3 is 15.1 Å². The average Bonchev–Trinajstić information content (AvgIpc) is 2.91. The fourth-order valence-electron chi connectivity index (χ4n) is 3.31. The molecule has 0 aliphatic carbocycles. The number of rotatable bonds is 5. The van der Waals surface area contributed by atoms with E-state index in [0.29, 0.717) is 36.7 Å². The van der Waals surface area contributed by atoms with Crippen LogP contribution >= 0.6 is 11.3 Å². The van der Waals surface area contributed by atoms with Crippen LogP contribution in [0.15, 0.2) is 0 Å². The Balaban J connectivity index is 2.23. The molecule has 0 aromatic carbocycles. The van der Waals surface area contributed by atoms with Crippen molar-refractivity contribution in [2.45, 2.75) is 59.0 Å². The fourth-order valence-corrected chi connectivity index (χ4v) is 4.34. The van der Waals surface area contributed by atoms with Gasteiger partial charge in [0, 0.05) is 24.4 Å². The van der Waals surface area contributed by atoms with E-state index in [9.17, 15) is 15.0 Å². The summed E-state index contributed by atoms with van der Waals surface area (Å²) in [7, 11) is 0. The van der Waals surface area contributed by atoms with Gasteiger partial charge in [-0.2, -0.15) is 0 Å². The lowest BCUT2D eigenvalue weighted by Gasteiger charge is -2.45. The molecule has 1 aromatic heterocycles. The highest BCUT2D eigenvalue weighted by Gasteiger charge is 2.43. The van der Waals surface area contributed by atoms with Crippen molar-refractivity contribution < 1.29 is 15.0 Å². The van der Waals surface area contributed by atoms with E-state index in [1.54, 1.807) is 4.90 Å². The highest BCUT2D eigenvalue weighted by molar-refractivity contribution is 7.13. The third kappa shape index (κ3) is 3.59. The van der Waals surface area contributed by atoms with Crippen LogP contribution < -0.4 is 0 Å². The largest absolute Gasteiger partial charge is 0.396 e. The molecule has 2 N–H and O–H groups in total. The molecule has 2 heterocycles. The Kier molecular flexibility index (Phi) is 5.81. The predicted octanol–water partition coefficient (Wildman–Crippen LogP) is 2.56. The minimum atomic E-state index is -0.595. The van der Waals surface area contributed by atoms with Crippen LogP contribution in [0.4, 0.5) is 0 Å². The summed E-state index contributed by atoms with van der Waals surface area (Å²) in [6.07, 6.45) is 1.55. The van der Waals surface area contributed by atoms with Crippen LogP contribution in [0.5, 0.6) is 0 Å². The number of carbonyl (C=O) groups excluding carboxylic acids is 1. The molecule has 1 amide bonds. The van der Waals surface area contributed by atoms with Gasteiger partial charge in [0.2, 0.25) is 0 Å². The molecule has 0 radical (unpaired) electrons. The summed E-state index contributed by atoms with van der Waals surface area (Å²) in [6, 6.07) is 0. The van der Waals surface area contributed by atoms with Gasteiger partial charge in [-0.25, -0.2) is 4.98 Å². The predicted molar refractivity (Wildman–Crippen MR) is 91.9 cm³/mol. The summed E-state index contributed by atoms with van der Waals surface area (Å²) < 4.78 is 0. The summed E-state index contributed by atoms with van der Waals surface area (Å²) in [6.45, 7) is 8.90. The number of amides is 1. The minimum Gasteiger partial charge on any atom is -0.396 e. The third-order valence-electron chi connectivity index (χ3n) is 4.74. The highest BCUT2D eigenvalue weighted by Crippen LogP contribution is 2.36. The smallest absolute Gasteiger partial charge is 0.265 e. The Morgan fingerprint density at radius 3 is 2.74 bits per heavy atom. The van der Waals surface area contributed by atoms with Gasteiger partial charge in [-0.1, -0.05) is 27.2 Å². The molecule has 130 valence electrons. The lowest BCUT2D eigenvalue weighted by molar-refractivity contribution is -0.0719. The molecular formula is C17H28N2O3S. The molecule has 0 bridgehead atoms. The van der Waals surface area contributed by atoms with Gasteiger partial charge in [0.15, 0.2) is 0 Å². The quantitative estimate of drug-likeness (QED) is 0.864. The summed E-state index contributed by atoms with van der Waals surface area (Å²) in [5, 5.41) is 21.2. The Morgan fingerprint density at radius 2 is 2.22 bits per heavy atom. The maximum absolute atomic E-state index is 12.9. The summed E-state index contributed by atoms with van der Waals surface area (Å²) >= 11 is 1.46. The van der Waals surface area contributed by atoms with Crippen molar-refractivity contribution in [1.82, 2.24) is 9.88 Å². The van der Waals surface area contributed by atoms with E-state index in [1.165, 1.54) is 11.3 Å². The zero-order chi connectivity index (χ0) is 17.2. The topological polar surface area (TPSA) is 73.7 Å². The Morgan fingerprint density at radius 1 is 1.52 bits per heavy atom. The number of likely N-dealkylation sites (tertiary alicyclic amines) is 1. The first-order valence-electron chi connectivity index (χ1n) is 8.40. The number of aliphatic hydroxyl groups is 2. The first-order chi connectivity index (χ1) is 10.8. The van der Waals surface area contributed by atoms with E-state index in [4.69, 9.17) is 0 Å². The van der Waals surface area contributed by atoms with E-state index in [0.717, 1.165) is 17.1 Å². The van der Waals surface area contributed by atoms with Gasteiger partial charge in [0.05, 0.1) is 23.4 Å². The van der Waals surface area contributed by atoms with Crippen LogP contribution in [-0.4, -0.2) is 51.8 Å². The number of thiazole rings is 1. The number of nitrogens with zero attached hydrogens (tertiary/aromatic N) is 2. The molecule has 2 rings (SSSR count). The van der Waals surface area contributed by atoms with Crippen molar-refractivity contribution in [3.63, 3.8) is 0 Å². The van der Waals surface area contributed by atoms with Crippen molar-refractivity contribution >= 4 is 17.2 Å². The Labute approximate surface area is 142 Å². The summed E-state index contributed by atoms with van der Waals surface area (Å²) in [4.78, 5) is 19.9. The van der Waals surface area contributed by atoms with Gasteiger partial charge in [-0.05, 0) is 19.8 Å². The molecule has 1 fully saturated rings. The SMILES string of the molecule is CCC[C@@]1(CO)CN(C(=O)c2sc(C(C)C)nc2C)CC[C@H]1O. The lowest BCUT2D eigenvalue weighted by atomic mass is 9.74. The standard InChI is InChI=1S/C17H28N2O3S/c1-5-7-17(10-20)9-19(8-6-13(17)21)16(22)14-12(4)18-15(23-14)11(2)3/h11,13,20-21H,5-10H2,1-4H3/t13-,17+/m1/s1. The van der Waals surface area contributed by atoms with E-state index >= 15 is 0 Å². The number of aryl methyl sites for hydroxylation is 1. The molecule has 0 unspecified atom stereocenters. The molecule has 6 heteroatoms. The highest BCUT2D eigenvalue weighted by atomic mass is 32.1. The summed E-state index contributed by atoms with van der Waals surface area (Å²) in [5.74, 6) is 0.285. The van der Waals surface area contributed by atoms with Crippen molar-refractivity contribution in [3.05, 3.63) is 15.6 Å². The molecule has 1 saturated heterocycles. The lowest BCUT2D eigenvalue weighted by Crippen LogP contribution is -2.55. The normalized spacial score (nSPS) is 25.2. The number of aliphatic hydroxyl groups excluding tert-OH is 2. The van der Waals surface area contributed by atoms with Crippen molar-refractivity contribution in [1.29, 1.82) is 0 Å². The second-order valence-electron chi connectivity index (χ2n) is 6.92. The summed E-state index contributed by atoms with van der Waals surface area (Å²) in [5.41, 5.74) is 0.183. The molecule has 5 nitrogen and oxygen atoms in total. The number of hydrogen-bond donors (Lipinski definition) is 2. The van der Waals surface area contributed by atoms with E-state index in [-0.39, 0.29) is 12.5 Å². The molecule has 1 aliphatic heterocycles. The number of hydrogen-bond acceptors (Lipinski definition) is 5. The van der Waals surface area contributed by atoms with Gasteiger partial charge in [0.1, 0.15) is 4.88 Å². The first-order valence-corrected chi connectivity index (χ1v) is 9.21. The molecule has 1 aliphatic rings. The van der Waals surface area contributed by atoms with Crippen LogP contribution in [0, 0.1) is 12.3 Å². The molecule has 0 saturated carbocycles. The maximum Gasteiger partial charge on any atom is 0.265 e. The van der Waals surface area contributed by atoms with Crippen LogP contribution in [0.3, 0.4) is 0 Å². The van der Waals surface area contributed by atoms with Crippen LogP contribution in [0.2, 0.25) is 0 Å². The minimum absolute atomic E-state index is 0.0206. The van der Waals surface area contributed by atoms with Crippen LogP contribution in [0.25, 0.3) is 0 Å². The van der Waals surface area contributed by atoms with Gasteiger partial charge in [-0.3, -0.25) is 4.79 Å². The van der Waals surface area contributed by atoms with Crippen LogP contribution in [0.1, 0.15) is 66.3 Å². The third-order valence-corrected chi connectivity index (χ3v) is 6.18. The first kappa shape index (κ1) is 18.4. The zero-order valence-corrected chi connectivity index (χ0v) is 15.3. The monoisotopic (exact) mass is 340 g/mol. The van der Waals surface area contributed by atoms with E-state index < -0.39 is 11.5 Å². The maximum atomic E-state index is 12.9. The van der Waals surface area contributed by atoms with Crippen molar-refractivity contribution in [3.8, 4) is 0 Å². The van der Waals surface area contributed by atoms with Gasteiger partial charge in [0.25, 0.3) is 5.91 Å². The molecular weight excluding hydrogens is 312 g/mol. The average molecular weight is 340 g/mol. The van der Waals surface area contributed by atoms with E-state index in [2.05, 4.69) is 18.8 Å². The Bertz CT molecular complexity index is 558. The van der Waals surface area contributed by atoms with Crippen LogP contribution in [-0.2, 0) is 0 Å². The molecule has 2 atom stereocenters. The van der Waals surface area contributed by atoms with Crippen molar-refractivity contribution in [2.24, 2.45) is 5.41 Å². The van der Waals surface area contributed by atoms with Crippen molar-refractivity contribution in [2.75, 3.05) is 19.7 Å². The molecule has 1 aromatic rings. The fraction of sp³-hybridized carbons (Fsp3) is 0.765. The van der Waals surface area contributed by atoms with E-state index in [1.807, 2.05) is 13.8 Å². The van der Waals surface area contributed by atoms with Gasteiger partial charge >= 0.3 is 0 Å². The molecule has 23 heavy (non-hydrogen) atoms. The number of aromatic nitrogens is 1.